The molecule has 1 aromatic carbocycles. The quantitative estimate of drug-likeness (QED) is 0.590. The lowest BCUT2D eigenvalue weighted by atomic mass is 9.77. The van der Waals surface area contributed by atoms with Crippen LogP contribution in [0, 0.1) is 5.41 Å². The van der Waals surface area contributed by atoms with E-state index in [1.807, 2.05) is 63.0 Å². The number of rotatable bonds is 7. The number of hydrogen-bond donors (Lipinski definition) is 1. The Balaban J connectivity index is 1.34. The van der Waals surface area contributed by atoms with Gasteiger partial charge in [0, 0.05) is 38.7 Å². The van der Waals surface area contributed by atoms with E-state index in [0.29, 0.717) is 32.6 Å². The fraction of sp³-hybridized carbons (Fsp3) is 0.444. The largest absolute Gasteiger partial charge is 0.450 e. The van der Waals surface area contributed by atoms with Crippen LogP contribution in [0.25, 0.3) is 6.08 Å². The number of hydrogen-bond acceptors (Lipinski definition) is 5. The highest BCUT2D eigenvalue weighted by Gasteiger charge is 2.43. The van der Waals surface area contributed by atoms with E-state index in [4.69, 9.17) is 4.74 Å². The summed E-state index contributed by atoms with van der Waals surface area (Å²) in [7, 11) is 0. The molecule has 0 unspecified atom stereocenters. The van der Waals surface area contributed by atoms with Crippen LogP contribution in [0.15, 0.2) is 53.2 Å². The van der Waals surface area contributed by atoms with Crippen molar-refractivity contribution in [3.8, 4) is 0 Å². The van der Waals surface area contributed by atoms with Gasteiger partial charge in [-0.15, -0.1) is 0 Å². The maximum Gasteiger partial charge on any atom is 0.407 e. The molecule has 2 aliphatic heterocycles. The maximum atomic E-state index is 13.5. The predicted molar refractivity (Wildman–Crippen MR) is 137 cm³/mol. The van der Waals surface area contributed by atoms with E-state index in [0.717, 1.165) is 30.4 Å². The molecule has 1 N–H and O–H groups in total. The lowest BCUT2D eigenvalue weighted by Crippen LogP contribution is -2.50. The van der Waals surface area contributed by atoms with Crippen molar-refractivity contribution >= 4 is 35.3 Å². The number of amides is 3. The molecule has 186 valence electrons. The minimum atomic E-state index is -0.671. The molecule has 2 aromatic rings. The molecular weight excluding hydrogens is 462 g/mol. The second-order valence-electron chi connectivity index (χ2n) is 9.33. The third-order valence-corrected chi connectivity index (χ3v) is 7.70. The van der Waals surface area contributed by atoms with E-state index in [1.54, 1.807) is 24.3 Å². The number of piperidine rings is 1. The Morgan fingerprint density at radius 3 is 2.46 bits per heavy atom. The van der Waals surface area contributed by atoms with Crippen molar-refractivity contribution in [2.45, 2.75) is 38.6 Å². The number of carbonyl (C=O) groups excluding carboxylic acids is 3. The minimum Gasteiger partial charge on any atom is -0.450 e. The van der Waals surface area contributed by atoms with Gasteiger partial charge in [0.05, 0.1) is 6.61 Å². The molecule has 7 nitrogen and oxygen atoms in total. The summed E-state index contributed by atoms with van der Waals surface area (Å²) >= 11 is 1.61. The second kappa shape index (κ2) is 11.5. The Bertz CT molecular complexity index is 1030. The van der Waals surface area contributed by atoms with E-state index in [2.05, 4.69) is 5.32 Å². The molecule has 0 saturated carbocycles. The highest BCUT2D eigenvalue weighted by atomic mass is 32.1. The summed E-state index contributed by atoms with van der Waals surface area (Å²) < 4.78 is 5.05. The molecule has 8 heteroatoms. The number of ether oxygens (including phenoxy) is 1. The molecule has 0 radical (unpaired) electrons. The van der Waals surface area contributed by atoms with E-state index < -0.39 is 12.1 Å². The number of benzene rings is 1. The second-order valence-corrected chi connectivity index (χ2v) is 10.1. The molecule has 1 aromatic heterocycles. The first-order valence-corrected chi connectivity index (χ1v) is 13.2. The number of thiophene rings is 1. The Morgan fingerprint density at radius 2 is 1.80 bits per heavy atom. The third-order valence-electron chi connectivity index (χ3n) is 7.00. The Labute approximate surface area is 210 Å². The molecular formula is C27H33N3O4S. The Morgan fingerprint density at radius 1 is 1.09 bits per heavy atom. The van der Waals surface area contributed by atoms with Gasteiger partial charge < -0.3 is 19.9 Å². The minimum absolute atomic E-state index is 0.0325. The van der Waals surface area contributed by atoms with Crippen molar-refractivity contribution in [3.63, 3.8) is 0 Å². The lowest BCUT2D eigenvalue weighted by molar-refractivity contribution is -0.133. The zero-order chi connectivity index (χ0) is 24.7. The average molecular weight is 496 g/mol. The van der Waals surface area contributed by atoms with Gasteiger partial charge in [-0.3, -0.25) is 9.59 Å². The highest BCUT2D eigenvalue weighted by molar-refractivity contribution is 7.08. The van der Waals surface area contributed by atoms with Crippen molar-refractivity contribution in [2.24, 2.45) is 5.41 Å². The summed E-state index contributed by atoms with van der Waals surface area (Å²) in [6, 6.07) is 11.0. The van der Waals surface area contributed by atoms with E-state index in [-0.39, 0.29) is 23.8 Å². The van der Waals surface area contributed by atoms with Gasteiger partial charge in [-0.2, -0.15) is 11.3 Å². The molecule has 2 fully saturated rings. The predicted octanol–water partition coefficient (Wildman–Crippen LogP) is 3.96. The molecule has 3 heterocycles. The van der Waals surface area contributed by atoms with Crippen LogP contribution in [0.1, 0.15) is 37.3 Å². The third kappa shape index (κ3) is 6.51. The normalized spacial score (nSPS) is 18.1. The SMILES string of the molecule is CCOC(=O)N[C@@H](Cc1ccccc1)C(=O)N1CCC2(CCN(C(=O)/C=C/c3ccsc3)CC2)C1. The summed E-state index contributed by atoms with van der Waals surface area (Å²) in [6.07, 6.45) is 6.04. The lowest BCUT2D eigenvalue weighted by Gasteiger charge is -2.39. The van der Waals surface area contributed by atoms with Crippen LogP contribution < -0.4 is 5.32 Å². The van der Waals surface area contributed by atoms with Crippen molar-refractivity contribution in [1.82, 2.24) is 15.1 Å². The van der Waals surface area contributed by atoms with Gasteiger partial charge in [0.25, 0.3) is 0 Å². The maximum absolute atomic E-state index is 13.5. The Kier molecular flexibility index (Phi) is 8.23. The molecule has 35 heavy (non-hydrogen) atoms. The molecule has 0 aliphatic carbocycles. The molecule has 1 atom stereocenters. The standard InChI is InChI=1S/C27H33N3O4S/c1-2-34-26(33)28-23(18-21-6-4-3-5-7-21)25(32)30-16-13-27(20-30)11-14-29(15-12-27)24(31)9-8-22-10-17-35-19-22/h3-10,17,19,23H,2,11-16,18,20H2,1H3,(H,28,33)/b9-8+/t23-/m0/s1. The first-order valence-electron chi connectivity index (χ1n) is 12.2. The van der Waals surface area contributed by atoms with Crippen LogP contribution in [0.5, 0.6) is 0 Å². The average Bonchev–Trinajstić information content (AvgIpc) is 3.54. The number of nitrogens with one attached hydrogen (secondary N) is 1. The number of nitrogens with zero attached hydrogens (tertiary/aromatic N) is 2. The first-order chi connectivity index (χ1) is 17.0. The molecule has 2 saturated heterocycles. The van der Waals surface area contributed by atoms with Gasteiger partial charge in [0.1, 0.15) is 6.04 Å². The fourth-order valence-electron chi connectivity index (χ4n) is 4.96. The fourth-order valence-corrected chi connectivity index (χ4v) is 5.59. The van der Waals surface area contributed by atoms with Crippen LogP contribution >= 0.6 is 11.3 Å². The van der Waals surface area contributed by atoms with Crippen molar-refractivity contribution in [2.75, 3.05) is 32.8 Å². The van der Waals surface area contributed by atoms with Gasteiger partial charge in [0.15, 0.2) is 0 Å². The van der Waals surface area contributed by atoms with E-state index in [9.17, 15) is 14.4 Å². The smallest absolute Gasteiger partial charge is 0.407 e. The number of alkyl carbamates (subject to hydrolysis) is 1. The van der Waals surface area contributed by atoms with E-state index >= 15 is 0 Å². The molecule has 3 amide bonds. The van der Waals surface area contributed by atoms with Crippen LogP contribution in [-0.2, 0) is 20.7 Å². The molecule has 2 aliphatic rings. The van der Waals surface area contributed by atoms with Crippen LogP contribution in [0.4, 0.5) is 4.79 Å². The summed E-state index contributed by atoms with van der Waals surface area (Å²) in [5.41, 5.74) is 2.06. The van der Waals surface area contributed by atoms with Gasteiger partial charge in [0.2, 0.25) is 11.8 Å². The summed E-state index contributed by atoms with van der Waals surface area (Å²) in [4.78, 5) is 42.0. The number of carbonyl (C=O) groups is 3. The van der Waals surface area contributed by atoms with Crippen molar-refractivity contribution in [1.29, 1.82) is 0 Å². The Hall–Kier alpha value is -3.13. The van der Waals surface area contributed by atoms with Crippen molar-refractivity contribution in [3.05, 3.63) is 64.4 Å². The molecule has 4 rings (SSSR count). The van der Waals surface area contributed by atoms with Crippen LogP contribution in [-0.4, -0.2) is 66.5 Å². The molecule has 1 spiro atoms. The van der Waals surface area contributed by atoms with Gasteiger partial charge in [-0.05, 0) is 65.6 Å². The summed E-state index contributed by atoms with van der Waals surface area (Å²) in [5, 5.41) is 6.78. The topological polar surface area (TPSA) is 79.0 Å². The van der Waals surface area contributed by atoms with Gasteiger partial charge in [-0.1, -0.05) is 30.3 Å². The van der Waals surface area contributed by atoms with Crippen LogP contribution in [0.3, 0.4) is 0 Å². The van der Waals surface area contributed by atoms with Crippen molar-refractivity contribution < 1.29 is 19.1 Å². The van der Waals surface area contributed by atoms with Gasteiger partial charge in [-0.25, -0.2) is 4.79 Å². The molecule has 0 bridgehead atoms. The van der Waals surface area contributed by atoms with E-state index in [1.165, 1.54) is 0 Å². The summed E-state index contributed by atoms with van der Waals surface area (Å²) in [5.74, 6) is -0.0328. The first kappa shape index (κ1) is 25.0. The van der Waals surface area contributed by atoms with Gasteiger partial charge >= 0.3 is 6.09 Å². The summed E-state index contributed by atoms with van der Waals surface area (Å²) in [6.45, 7) is 4.72. The highest BCUT2D eigenvalue weighted by Crippen LogP contribution is 2.40. The zero-order valence-electron chi connectivity index (χ0n) is 20.2. The zero-order valence-corrected chi connectivity index (χ0v) is 21.0. The number of likely N-dealkylation sites (tertiary alicyclic amines) is 2. The van der Waals surface area contributed by atoms with Crippen LogP contribution in [0.2, 0.25) is 0 Å². The monoisotopic (exact) mass is 495 g/mol.